The maximum Gasteiger partial charge on any atom is 0.255 e. The van der Waals surface area contributed by atoms with Gasteiger partial charge in [0.1, 0.15) is 5.82 Å². The van der Waals surface area contributed by atoms with E-state index in [4.69, 9.17) is 23.2 Å². The normalized spacial score (nSPS) is 14.2. The van der Waals surface area contributed by atoms with Crippen LogP contribution in [0.5, 0.6) is 0 Å². The zero-order valence-electron chi connectivity index (χ0n) is 16.4. The number of pyridine rings is 1. The van der Waals surface area contributed by atoms with Crippen molar-refractivity contribution in [2.45, 2.75) is 39.3 Å². The molecule has 1 aliphatic rings. The summed E-state index contributed by atoms with van der Waals surface area (Å²) in [6.07, 6.45) is 2.65. The van der Waals surface area contributed by atoms with Crippen LogP contribution < -0.4 is 5.56 Å². The lowest BCUT2D eigenvalue weighted by atomic mass is 10.0. The number of benzene rings is 1. The first-order valence-electron chi connectivity index (χ1n) is 9.65. The van der Waals surface area contributed by atoms with E-state index in [9.17, 15) is 4.79 Å². The zero-order chi connectivity index (χ0) is 20.5. The van der Waals surface area contributed by atoms with Gasteiger partial charge in [-0.05, 0) is 29.8 Å². The van der Waals surface area contributed by atoms with Gasteiger partial charge in [-0.25, -0.2) is 4.98 Å². The van der Waals surface area contributed by atoms with Gasteiger partial charge in [0.2, 0.25) is 0 Å². The lowest BCUT2D eigenvalue weighted by Gasteiger charge is -2.28. The Morgan fingerprint density at radius 1 is 1.17 bits per heavy atom. The number of nitrogens with zero attached hydrogens (tertiary/aromatic N) is 3. The Balaban J connectivity index is 1.49. The molecule has 3 heterocycles. The monoisotopic (exact) mass is 428 g/mol. The summed E-state index contributed by atoms with van der Waals surface area (Å²) in [5, 5.41) is 1.18. The molecule has 0 aliphatic carbocycles. The van der Waals surface area contributed by atoms with Crippen LogP contribution in [0.2, 0.25) is 10.0 Å². The molecular weight excluding hydrogens is 407 g/mol. The maximum absolute atomic E-state index is 12.5. The molecule has 1 aromatic carbocycles. The molecule has 0 unspecified atom stereocenters. The smallest absolute Gasteiger partial charge is 0.255 e. The van der Waals surface area contributed by atoms with Crippen LogP contribution in [0.25, 0.3) is 11.3 Å². The summed E-state index contributed by atoms with van der Waals surface area (Å²) < 4.78 is 0. The van der Waals surface area contributed by atoms with Gasteiger partial charge in [0.15, 0.2) is 0 Å². The highest BCUT2D eigenvalue weighted by molar-refractivity contribution is 6.35. The minimum Gasteiger partial charge on any atom is -0.310 e. The lowest BCUT2D eigenvalue weighted by Crippen LogP contribution is -2.36. The third-order valence-electron chi connectivity index (χ3n) is 5.10. The molecule has 0 fully saturated rings. The van der Waals surface area contributed by atoms with E-state index < -0.39 is 0 Å². The van der Waals surface area contributed by atoms with Crippen molar-refractivity contribution in [1.82, 2.24) is 19.9 Å². The van der Waals surface area contributed by atoms with E-state index in [2.05, 4.69) is 25.9 Å². The highest BCUT2D eigenvalue weighted by Gasteiger charge is 2.22. The van der Waals surface area contributed by atoms with E-state index in [0.717, 1.165) is 53.4 Å². The Morgan fingerprint density at radius 2 is 1.93 bits per heavy atom. The fraction of sp³-hybridized carbons (Fsp3) is 0.318. The molecular formula is C22H22Cl2N4O. The largest absolute Gasteiger partial charge is 0.310 e. The molecule has 0 spiro atoms. The van der Waals surface area contributed by atoms with Crippen LogP contribution >= 0.6 is 23.2 Å². The predicted octanol–water partition coefficient (Wildman–Crippen LogP) is 4.82. The van der Waals surface area contributed by atoms with Crippen LogP contribution in [0, 0.1) is 0 Å². The molecule has 29 heavy (non-hydrogen) atoms. The average molecular weight is 429 g/mol. The van der Waals surface area contributed by atoms with Gasteiger partial charge in [-0.3, -0.25) is 14.7 Å². The quantitative estimate of drug-likeness (QED) is 0.646. The zero-order valence-corrected chi connectivity index (χ0v) is 17.9. The van der Waals surface area contributed by atoms with Crippen molar-refractivity contribution < 1.29 is 0 Å². The van der Waals surface area contributed by atoms with Crippen LogP contribution in [0.3, 0.4) is 0 Å². The summed E-state index contributed by atoms with van der Waals surface area (Å²) in [4.78, 5) is 26.9. The van der Waals surface area contributed by atoms with E-state index in [-0.39, 0.29) is 11.5 Å². The minimum atomic E-state index is -0.0188. The van der Waals surface area contributed by atoms with E-state index in [1.807, 2.05) is 38.2 Å². The van der Waals surface area contributed by atoms with Gasteiger partial charge < -0.3 is 4.98 Å². The summed E-state index contributed by atoms with van der Waals surface area (Å²) in [6, 6.07) is 9.43. The topological polar surface area (TPSA) is 61.9 Å². The second kappa shape index (κ2) is 8.27. The van der Waals surface area contributed by atoms with Crippen molar-refractivity contribution in [3.63, 3.8) is 0 Å². The fourth-order valence-electron chi connectivity index (χ4n) is 3.56. The molecule has 3 aromatic rings. The molecule has 1 N–H and O–H groups in total. The molecule has 150 valence electrons. The number of hydrogen-bond acceptors (Lipinski definition) is 4. The Morgan fingerprint density at radius 3 is 2.59 bits per heavy atom. The number of aromatic amines is 1. The number of H-pyrrole nitrogens is 1. The molecule has 0 atom stereocenters. The summed E-state index contributed by atoms with van der Waals surface area (Å²) >= 11 is 12.2. The van der Waals surface area contributed by atoms with Gasteiger partial charge >= 0.3 is 0 Å². The maximum atomic E-state index is 12.5. The predicted molar refractivity (Wildman–Crippen MR) is 116 cm³/mol. The summed E-state index contributed by atoms with van der Waals surface area (Å²) in [6.45, 7) is 6.27. The van der Waals surface area contributed by atoms with Gasteiger partial charge in [0, 0.05) is 53.8 Å². The van der Waals surface area contributed by atoms with Crippen molar-refractivity contribution >= 4 is 23.2 Å². The minimum absolute atomic E-state index is 0.0188. The molecule has 1 aliphatic heterocycles. The molecule has 0 saturated heterocycles. The summed E-state index contributed by atoms with van der Waals surface area (Å²) in [7, 11) is 0. The van der Waals surface area contributed by atoms with E-state index >= 15 is 0 Å². The van der Waals surface area contributed by atoms with Crippen LogP contribution in [0.15, 0.2) is 41.3 Å². The molecule has 7 heteroatoms. The van der Waals surface area contributed by atoms with E-state index in [1.54, 1.807) is 6.07 Å². The lowest BCUT2D eigenvalue weighted by molar-refractivity contribution is 0.241. The second-order valence-electron chi connectivity index (χ2n) is 7.70. The average Bonchev–Trinajstić information content (AvgIpc) is 2.68. The van der Waals surface area contributed by atoms with Gasteiger partial charge in [-0.2, -0.15) is 0 Å². The number of fused-ring (bicyclic) bond motifs is 1. The second-order valence-corrected chi connectivity index (χ2v) is 8.57. The third kappa shape index (κ3) is 4.53. The Bertz CT molecular complexity index is 1070. The van der Waals surface area contributed by atoms with Gasteiger partial charge in [-0.1, -0.05) is 43.1 Å². The Labute approximate surface area is 179 Å². The van der Waals surface area contributed by atoms with E-state index in [0.29, 0.717) is 16.6 Å². The first-order valence-corrected chi connectivity index (χ1v) is 10.4. The third-order valence-corrected chi connectivity index (χ3v) is 5.54. The van der Waals surface area contributed by atoms with Crippen molar-refractivity contribution in [2.75, 3.05) is 6.54 Å². The first-order chi connectivity index (χ1) is 13.9. The first kappa shape index (κ1) is 20.1. The highest BCUT2D eigenvalue weighted by Crippen LogP contribution is 2.26. The van der Waals surface area contributed by atoms with Crippen LogP contribution in [0.1, 0.15) is 42.4 Å². The summed E-state index contributed by atoms with van der Waals surface area (Å²) in [5.74, 6) is 0.980. The number of aromatic nitrogens is 3. The molecule has 2 aromatic heterocycles. The molecule has 0 bridgehead atoms. The van der Waals surface area contributed by atoms with Gasteiger partial charge in [-0.15, -0.1) is 0 Å². The Hall–Kier alpha value is -2.21. The van der Waals surface area contributed by atoms with Crippen molar-refractivity contribution in [2.24, 2.45) is 0 Å². The van der Waals surface area contributed by atoms with Crippen LogP contribution in [-0.4, -0.2) is 26.4 Å². The van der Waals surface area contributed by atoms with Crippen LogP contribution in [-0.2, 0) is 19.5 Å². The number of hydrogen-bond donors (Lipinski definition) is 1. The Kier molecular flexibility index (Phi) is 5.72. The number of halogens is 2. The van der Waals surface area contributed by atoms with Crippen molar-refractivity contribution in [3.8, 4) is 11.3 Å². The van der Waals surface area contributed by atoms with Crippen molar-refractivity contribution in [1.29, 1.82) is 0 Å². The number of rotatable bonds is 4. The number of nitrogens with one attached hydrogen (secondary N) is 1. The highest BCUT2D eigenvalue weighted by atomic mass is 35.5. The molecule has 0 saturated carbocycles. The molecule has 0 radical (unpaired) electrons. The van der Waals surface area contributed by atoms with Crippen molar-refractivity contribution in [3.05, 3.63) is 79.6 Å². The molecule has 4 rings (SSSR count). The molecule has 5 nitrogen and oxygen atoms in total. The fourth-order valence-corrected chi connectivity index (χ4v) is 4.08. The van der Waals surface area contributed by atoms with Gasteiger partial charge in [0.05, 0.1) is 17.0 Å². The van der Waals surface area contributed by atoms with Crippen LogP contribution in [0.4, 0.5) is 0 Å². The summed E-state index contributed by atoms with van der Waals surface area (Å²) in [5.41, 5.74) is 4.49. The molecule has 0 amide bonds. The standard InChI is InChI=1S/C22H22Cl2N4O/c1-13(2)21-26-20-5-6-28(12-18(20)22(29)27-21)11-14-3-4-19(25-10-14)15-7-16(23)9-17(24)8-15/h3-4,7-10,13H,5-6,11-12H2,1-2H3,(H,26,27,29). The SMILES string of the molecule is CC(C)c1nc2c(c(=O)[nH]1)CN(Cc1ccc(-c3cc(Cl)cc(Cl)c3)nc1)CC2. The van der Waals surface area contributed by atoms with E-state index in [1.165, 1.54) is 0 Å². The van der Waals surface area contributed by atoms with Gasteiger partial charge in [0.25, 0.3) is 5.56 Å².